The summed E-state index contributed by atoms with van der Waals surface area (Å²) in [5.74, 6) is 0.639. The van der Waals surface area contributed by atoms with E-state index in [1.54, 1.807) is 6.07 Å². The maximum Gasteiger partial charge on any atom is 0.270 e. The van der Waals surface area contributed by atoms with Crippen molar-refractivity contribution < 1.29 is 4.92 Å². The van der Waals surface area contributed by atoms with Gasteiger partial charge in [-0.1, -0.05) is 25.4 Å². The highest BCUT2D eigenvalue weighted by molar-refractivity contribution is 6.31. The minimum atomic E-state index is -0.440. The average Bonchev–Trinajstić information content (AvgIpc) is 2.26. The SMILES string of the molecule is CC(C)CC(C)NCc1ccc([N+](=O)[O-])cc1Cl. The van der Waals surface area contributed by atoms with Crippen LogP contribution in [0.15, 0.2) is 18.2 Å². The molecule has 0 aliphatic heterocycles. The zero-order valence-electron chi connectivity index (χ0n) is 10.9. The second kappa shape index (κ2) is 6.71. The van der Waals surface area contributed by atoms with E-state index in [0.717, 1.165) is 12.0 Å². The third-order valence-corrected chi connectivity index (χ3v) is 3.07. The van der Waals surface area contributed by atoms with Gasteiger partial charge in [-0.2, -0.15) is 0 Å². The summed E-state index contributed by atoms with van der Waals surface area (Å²) in [5.41, 5.74) is 0.914. The molecule has 0 amide bonds. The summed E-state index contributed by atoms with van der Waals surface area (Å²) in [6.45, 7) is 7.11. The zero-order chi connectivity index (χ0) is 13.7. The van der Waals surface area contributed by atoms with E-state index in [2.05, 4.69) is 26.1 Å². The van der Waals surface area contributed by atoms with E-state index in [1.165, 1.54) is 12.1 Å². The number of nitrogens with zero attached hydrogens (tertiary/aromatic N) is 1. The molecule has 0 saturated carbocycles. The summed E-state index contributed by atoms with van der Waals surface area (Å²) in [4.78, 5) is 10.1. The number of halogens is 1. The largest absolute Gasteiger partial charge is 0.310 e. The highest BCUT2D eigenvalue weighted by atomic mass is 35.5. The summed E-state index contributed by atoms with van der Waals surface area (Å²) < 4.78 is 0. The first-order valence-electron chi connectivity index (χ1n) is 6.06. The highest BCUT2D eigenvalue weighted by Gasteiger charge is 2.10. The Morgan fingerprint density at radius 3 is 2.56 bits per heavy atom. The van der Waals surface area contributed by atoms with E-state index in [9.17, 15) is 10.1 Å². The van der Waals surface area contributed by atoms with Gasteiger partial charge in [-0.3, -0.25) is 10.1 Å². The van der Waals surface area contributed by atoms with E-state index < -0.39 is 4.92 Å². The number of benzene rings is 1. The number of nitro groups is 1. The van der Waals surface area contributed by atoms with Gasteiger partial charge in [-0.05, 0) is 30.9 Å². The molecule has 4 nitrogen and oxygen atoms in total. The fourth-order valence-corrected chi connectivity index (χ4v) is 2.11. The predicted octanol–water partition coefficient (Wildman–Crippen LogP) is 3.77. The lowest BCUT2D eigenvalue weighted by atomic mass is 10.0. The standard InChI is InChI=1S/C13H19ClN2O2/c1-9(2)6-10(3)15-8-11-4-5-12(16(17)18)7-13(11)14/h4-5,7,9-10,15H,6,8H2,1-3H3. The maximum atomic E-state index is 10.6. The Morgan fingerprint density at radius 2 is 2.06 bits per heavy atom. The van der Waals surface area contributed by atoms with Crippen molar-refractivity contribution in [2.45, 2.75) is 39.8 Å². The lowest BCUT2D eigenvalue weighted by molar-refractivity contribution is -0.384. The van der Waals surface area contributed by atoms with Gasteiger partial charge in [0.2, 0.25) is 0 Å². The molecule has 1 aromatic rings. The fraction of sp³-hybridized carbons (Fsp3) is 0.538. The molecule has 0 fully saturated rings. The van der Waals surface area contributed by atoms with E-state index in [-0.39, 0.29) is 5.69 Å². The number of rotatable bonds is 6. The molecule has 0 spiro atoms. The normalized spacial score (nSPS) is 12.7. The van der Waals surface area contributed by atoms with Crippen LogP contribution >= 0.6 is 11.6 Å². The van der Waals surface area contributed by atoms with Crippen LogP contribution < -0.4 is 5.32 Å². The van der Waals surface area contributed by atoms with Crippen molar-refractivity contribution >= 4 is 17.3 Å². The third kappa shape index (κ3) is 4.63. The Bertz CT molecular complexity index is 421. The first-order valence-corrected chi connectivity index (χ1v) is 6.44. The van der Waals surface area contributed by atoms with Gasteiger partial charge in [-0.15, -0.1) is 0 Å². The lowest BCUT2D eigenvalue weighted by Crippen LogP contribution is -2.26. The molecule has 1 atom stereocenters. The van der Waals surface area contributed by atoms with Crippen molar-refractivity contribution in [3.63, 3.8) is 0 Å². The molecule has 18 heavy (non-hydrogen) atoms. The van der Waals surface area contributed by atoms with Crippen LogP contribution in [0, 0.1) is 16.0 Å². The van der Waals surface area contributed by atoms with Crippen molar-refractivity contribution in [3.05, 3.63) is 38.9 Å². The molecule has 1 N–H and O–H groups in total. The van der Waals surface area contributed by atoms with Gasteiger partial charge in [0.25, 0.3) is 5.69 Å². The van der Waals surface area contributed by atoms with Gasteiger partial charge in [0.15, 0.2) is 0 Å². The average molecular weight is 271 g/mol. The molecule has 1 unspecified atom stereocenters. The van der Waals surface area contributed by atoms with Crippen LogP contribution in [0.1, 0.15) is 32.8 Å². The second-order valence-electron chi connectivity index (χ2n) is 4.94. The fourth-order valence-electron chi connectivity index (χ4n) is 1.87. The van der Waals surface area contributed by atoms with E-state index >= 15 is 0 Å². The van der Waals surface area contributed by atoms with Gasteiger partial charge < -0.3 is 5.32 Å². The third-order valence-electron chi connectivity index (χ3n) is 2.71. The molecule has 5 heteroatoms. The Hall–Kier alpha value is -1.13. The van der Waals surface area contributed by atoms with Gasteiger partial charge in [0.1, 0.15) is 0 Å². The predicted molar refractivity (Wildman–Crippen MR) is 73.9 cm³/mol. The molecule has 0 aliphatic carbocycles. The van der Waals surface area contributed by atoms with E-state index in [0.29, 0.717) is 23.5 Å². The minimum Gasteiger partial charge on any atom is -0.310 e. The number of hydrogen-bond donors (Lipinski definition) is 1. The van der Waals surface area contributed by atoms with Crippen LogP contribution in [0.3, 0.4) is 0 Å². The summed E-state index contributed by atoms with van der Waals surface area (Å²) in [7, 11) is 0. The van der Waals surface area contributed by atoms with Gasteiger partial charge >= 0.3 is 0 Å². The molecule has 0 heterocycles. The van der Waals surface area contributed by atoms with Crippen molar-refractivity contribution in [1.82, 2.24) is 5.32 Å². The Labute approximate surface area is 112 Å². The van der Waals surface area contributed by atoms with E-state index in [1.807, 2.05) is 0 Å². The van der Waals surface area contributed by atoms with E-state index in [4.69, 9.17) is 11.6 Å². The first-order chi connectivity index (χ1) is 8.40. The molecule has 0 bridgehead atoms. The number of non-ortho nitro benzene ring substituents is 1. The summed E-state index contributed by atoms with van der Waals surface area (Å²) in [6, 6.07) is 4.98. The van der Waals surface area contributed by atoms with Crippen LogP contribution in [-0.4, -0.2) is 11.0 Å². The molecule has 0 aromatic heterocycles. The van der Waals surface area contributed by atoms with Crippen LogP contribution in [0.5, 0.6) is 0 Å². The molecule has 0 saturated heterocycles. The van der Waals surface area contributed by atoms with Crippen molar-refractivity contribution in [1.29, 1.82) is 0 Å². The van der Waals surface area contributed by atoms with Gasteiger partial charge in [0, 0.05) is 24.7 Å². The summed E-state index contributed by atoms with van der Waals surface area (Å²) in [6.07, 6.45) is 1.09. The number of hydrogen-bond acceptors (Lipinski definition) is 3. The highest BCUT2D eigenvalue weighted by Crippen LogP contribution is 2.22. The Morgan fingerprint density at radius 1 is 1.39 bits per heavy atom. The van der Waals surface area contributed by atoms with Crippen LogP contribution in [0.25, 0.3) is 0 Å². The lowest BCUT2D eigenvalue weighted by Gasteiger charge is -2.16. The molecular formula is C13H19ClN2O2. The van der Waals surface area contributed by atoms with Crippen molar-refractivity contribution in [2.24, 2.45) is 5.92 Å². The maximum absolute atomic E-state index is 10.6. The van der Waals surface area contributed by atoms with Gasteiger partial charge in [-0.25, -0.2) is 0 Å². The van der Waals surface area contributed by atoms with Crippen molar-refractivity contribution in [3.8, 4) is 0 Å². The topological polar surface area (TPSA) is 55.2 Å². The molecule has 0 radical (unpaired) electrons. The summed E-state index contributed by atoms with van der Waals surface area (Å²) in [5, 5.41) is 14.4. The smallest absolute Gasteiger partial charge is 0.270 e. The van der Waals surface area contributed by atoms with Gasteiger partial charge in [0.05, 0.1) is 9.95 Å². The van der Waals surface area contributed by atoms with Crippen LogP contribution in [-0.2, 0) is 6.54 Å². The first kappa shape index (κ1) is 14.9. The second-order valence-corrected chi connectivity index (χ2v) is 5.35. The Balaban J connectivity index is 2.60. The van der Waals surface area contributed by atoms with Crippen molar-refractivity contribution in [2.75, 3.05) is 0 Å². The Kier molecular flexibility index (Phi) is 5.56. The number of nitrogens with one attached hydrogen (secondary N) is 1. The summed E-state index contributed by atoms with van der Waals surface area (Å²) >= 11 is 6.02. The van der Waals surface area contributed by atoms with Crippen LogP contribution in [0.2, 0.25) is 5.02 Å². The molecule has 1 aromatic carbocycles. The number of nitro benzene ring substituents is 1. The quantitative estimate of drug-likeness (QED) is 0.632. The molecule has 1 rings (SSSR count). The minimum absolute atomic E-state index is 0.0268. The monoisotopic (exact) mass is 270 g/mol. The zero-order valence-corrected chi connectivity index (χ0v) is 11.7. The molecule has 0 aliphatic rings. The molecular weight excluding hydrogens is 252 g/mol. The van der Waals surface area contributed by atoms with Crippen LogP contribution in [0.4, 0.5) is 5.69 Å². The molecule has 100 valence electrons.